The van der Waals surface area contributed by atoms with Crippen LogP contribution in [0, 0.1) is 13.8 Å². The van der Waals surface area contributed by atoms with Crippen LogP contribution in [0.25, 0.3) is 5.69 Å². The minimum Gasteiger partial charge on any atom is -0.223 e. The lowest BCUT2D eigenvalue weighted by atomic mass is 10.1. The third-order valence-corrected chi connectivity index (χ3v) is 3.85. The van der Waals surface area contributed by atoms with Crippen molar-refractivity contribution < 1.29 is 8.42 Å². The molecule has 0 aliphatic rings. The predicted octanol–water partition coefficient (Wildman–Crippen LogP) is 1.70. The van der Waals surface area contributed by atoms with Crippen LogP contribution in [0.15, 0.2) is 29.3 Å². The van der Waals surface area contributed by atoms with Gasteiger partial charge in [0.1, 0.15) is 0 Å². The molecule has 2 aromatic rings. The molecule has 0 fully saturated rings. The number of hydrogen-bond acceptors (Lipinski definition) is 3. The van der Waals surface area contributed by atoms with Crippen LogP contribution < -0.4 is 5.14 Å². The number of sulfonamides is 1. The molecule has 0 saturated heterocycles. The molecule has 0 bridgehead atoms. The van der Waals surface area contributed by atoms with Crippen molar-refractivity contribution in [3.8, 4) is 5.69 Å². The Labute approximate surface area is 113 Å². The molecule has 6 heteroatoms. The highest BCUT2D eigenvalue weighted by molar-refractivity contribution is 7.89. The largest absolute Gasteiger partial charge is 0.255 e. The third kappa shape index (κ3) is 2.69. The Kier molecular flexibility index (Phi) is 3.47. The van der Waals surface area contributed by atoms with Gasteiger partial charge in [-0.15, -0.1) is 0 Å². The fraction of sp³-hybridized carbons (Fsp3) is 0.308. The first-order valence-corrected chi connectivity index (χ1v) is 7.57. The Morgan fingerprint density at radius 2 is 1.95 bits per heavy atom. The van der Waals surface area contributed by atoms with E-state index in [4.69, 9.17) is 5.14 Å². The smallest absolute Gasteiger partial charge is 0.223 e. The van der Waals surface area contributed by atoms with Crippen LogP contribution in [-0.4, -0.2) is 18.2 Å². The summed E-state index contributed by atoms with van der Waals surface area (Å²) in [4.78, 5) is 0. The molecule has 102 valence electrons. The van der Waals surface area contributed by atoms with E-state index in [1.165, 1.54) is 10.7 Å². The van der Waals surface area contributed by atoms with E-state index < -0.39 is 10.0 Å². The van der Waals surface area contributed by atoms with Crippen molar-refractivity contribution in [3.05, 3.63) is 41.1 Å². The minimum absolute atomic E-state index is 0.0260. The van der Waals surface area contributed by atoms with Gasteiger partial charge in [0.05, 0.1) is 11.4 Å². The number of rotatable bonds is 3. The number of primary sulfonamides is 1. The van der Waals surface area contributed by atoms with Gasteiger partial charge in [-0.2, -0.15) is 5.10 Å². The van der Waals surface area contributed by atoms with Crippen molar-refractivity contribution in [2.45, 2.75) is 32.2 Å². The predicted molar refractivity (Wildman–Crippen MR) is 73.8 cm³/mol. The van der Waals surface area contributed by atoms with E-state index in [1.54, 1.807) is 0 Å². The number of nitrogens with two attached hydrogens (primary N) is 1. The minimum atomic E-state index is -3.80. The van der Waals surface area contributed by atoms with Crippen LogP contribution in [0.2, 0.25) is 0 Å². The van der Waals surface area contributed by atoms with Crippen molar-refractivity contribution in [1.82, 2.24) is 9.78 Å². The van der Waals surface area contributed by atoms with E-state index in [9.17, 15) is 8.42 Å². The van der Waals surface area contributed by atoms with Crippen LogP contribution in [0.4, 0.5) is 0 Å². The number of hydrogen-bond donors (Lipinski definition) is 1. The van der Waals surface area contributed by atoms with Crippen molar-refractivity contribution in [2.24, 2.45) is 5.14 Å². The summed E-state index contributed by atoms with van der Waals surface area (Å²) in [6.45, 7) is 5.78. The first-order chi connectivity index (χ1) is 8.82. The lowest BCUT2D eigenvalue weighted by molar-refractivity contribution is 0.587. The molecule has 19 heavy (non-hydrogen) atoms. The van der Waals surface area contributed by atoms with Gasteiger partial charge in [-0.25, -0.2) is 18.2 Å². The maximum absolute atomic E-state index is 11.7. The summed E-state index contributed by atoms with van der Waals surface area (Å²) >= 11 is 0. The highest BCUT2D eigenvalue weighted by atomic mass is 32.2. The molecular formula is C13H17N3O2S. The Balaban J connectivity index is 2.74. The lowest BCUT2D eigenvalue weighted by Crippen LogP contribution is -2.17. The lowest BCUT2D eigenvalue weighted by Gasteiger charge is -2.09. The molecule has 0 unspecified atom stereocenters. The van der Waals surface area contributed by atoms with Gasteiger partial charge in [0.2, 0.25) is 0 Å². The number of aryl methyl sites for hydroxylation is 3. The quantitative estimate of drug-likeness (QED) is 0.928. The molecule has 1 aromatic carbocycles. The van der Waals surface area contributed by atoms with Crippen molar-refractivity contribution in [2.75, 3.05) is 0 Å². The molecule has 1 heterocycles. The molecule has 1 aromatic heterocycles. The average molecular weight is 279 g/mol. The van der Waals surface area contributed by atoms with Gasteiger partial charge in [0, 0.05) is 6.07 Å². The molecule has 2 rings (SSSR count). The van der Waals surface area contributed by atoms with E-state index in [0.29, 0.717) is 12.1 Å². The summed E-state index contributed by atoms with van der Waals surface area (Å²) in [5, 5.41) is 9.61. The number of aromatic nitrogens is 2. The summed E-state index contributed by atoms with van der Waals surface area (Å²) in [6.07, 6.45) is 0.653. The molecule has 2 N–H and O–H groups in total. The van der Waals surface area contributed by atoms with Crippen molar-refractivity contribution >= 4 is 10.0 Å². The zero-order valence-corrected chi connectivity index (χ0v) is 12.0. The Morgan fingerprint density at radius 1 is 1.26 bits per heavy atom. The third-order valence-electron chi connectivity index (χ3n) is 2.97. The standard InChI is InChI=1S/C13H17N3O2S/c1-4-11-8-13(19(14,17)18)16(15-11)12-7-9(2)5-6-10(12)3/h5-8H,4H2,1-3H3,(H2,14,17,18). The second-order valence-electron chi connectivity index (χ2n) is 4.57. The molecule has 0 saturated carbocycles. The van der Waals surface area contributed by atoms with Crippen LogP contribution in [-0.2, 0) is 16.4 Å². The first kappa shape index (κ1) is 13.8. The van der Waals surface area contributed by atoms with Crippen molar-refractivity contribution in [1.29, 1.82) is 0 Å². The average Bonchev–Trinajstić information content (AvgIpc) is 2.76. The fourth-order valence-corrected chi connectivity index (χ4v) is 2.59. The summed E-state index contributed by atoms with van der Waals surface area (Å²) in [6, 6.07) is 7.33. The zero-order valence-electron chi connectivity index (χ0n) is 11.2. The number of nitrogens with zero attached hydrogens (tertiary/aromatic N) is 2. The SMILES string of the molecule is CCc1cc(S(N)(=O)=O)n(-c2cc(C)ccc2C)n1. The highest BCUT2D eigenvalue weighted by Crippen LogP contribution is 2.21. The Hall–Kier alpha value is -1.66. The van der Waals surface area contributed by atoms with Gasteiger partial charge in [-0.1, -0.05) is 19.1 Å². The molecule has 0 aliphatic heterocycles. The van der Waals surface area contributed by atoms with E-state index in [2.05, 4.69) is 5.10 Å². The van der Waals surface area contributed by atoms with E-state index >= 15 is 0 Å². The summed E-state index contributed by atoms with van der Waals surface area (Å²) in [5.41, 5.74) is 3.42. The van der Waals surface area contributed by atoms with E-state index in [-0.39, 0.29) is 5.03 Å². The van der Waals surface area contributed by atoms with E-state index in [1.807, 2.05) is 39.0 Å². The monoisotopic (exact) mass is 279 g/mol. The van der Waals surface area contributed by atoms with Crippen LogP contribution in [0.5, 0.6) is 0 Å². The Bertz CT molecular complexity index is 717. The van der Waals surface area contributed by atoms with E-state index in [0.717, 1.165) is 16.8 Å². The Morgan fingerprint density at radius 3 is 2.53 bits per heavy atom. The molecule has 5 nitrogen and oxygen atoms in total. The van der Waals surface area contributed by atoms with Gasteiger partial charge in [0.15, 0.2) is 5.03 Å². The first-order valence-electron chi connectivity index (χ1n) is 6.02. The fourth-order valence-electron chi connectivity index (χ4n) is 1.91. The summed E-state index contributed by atoms with van der Waals surface area (Å²) in [7, 11) is -3.80. The number of benzene rings is 1. The van der Waals surface area contributed by atoms with Crippen LogP contribution in [0.1, 0.15) is 23.7 Å². The molecule has 0 atom stereocenters. The molecule has 0 spiro atoms. The summed E-state index contributed by atoms with van der Waals surface area (Å²) in [5.74, 6) is 0. The molecule has 0 radical (unpaired) electrons. The van der Waals surface area contributed by atoms with Gasteiger partial charge in [0.25, 0.3) is 10.0 Å². The highest BCUT2D eigenvalue weighted by Gasteiger charge is 2.19. The molecule has 0 aliphatic carbocycles. The topological polar surface area (TPSA) is 78.0 Å². The molecular weight excluding hydrogens is 262 g/mol. The van der Waals surface area contributed by atoms with Gasteiger partial charge < -0.3 is 0 Å². The van der Waals surface area contributed by atoms with Crippen LogP contribution >= 0.6 is 0 Å². The van der Waals surface area contributed by atoms with Gasteiger partial charge >= 0.3 is 0 Å². The molecule has 0 amide bonds. The van der Waals surface area contributed by atoms with Gasteiger partial charge in [-0.3, -0.25) is 0 Å². The van der Waals surface area contributed by atoms with Gasteiger partial charge in [-0.05, 0) is 37.5 Å². The zero-order chi connectivity index (χ0) is 14.2. The normalized spacial score (nSPS) is 11.8. The summed E-state index contributed by atoms with van der Waals surface area (Å²) < 4.78 is 24.8. The van der Waals surface area contributed by atoms with Crippen molar-refractivity contribution in [3.63, 3.8) is 0 Å². The van der Waals surface area contributed by atoms with Crippen LogP contribution in [0.3, 0.4) is 0 Å². The maximum atomic E-state index is 11.7. The maximum Gasteiger partial charge on any atom is 0.255 e. The second-order valence-corrected chi connectivity index (χ2v) is 6.08. The second kappa shape index (κ2) is 4.79.